The lowest BCUT2D eigenvalue weighted by Gasteiger charge is -2.30. The third kappa shape index (κ3) is 5.52. The molecule has 2 heterocycles. The second kappa shape index (κ2) is 10.7. The predicted molar refractivity (Wildman–Crippen MR) is 136 cm³/mol. The normalized spacial score (nSPS) is 14.5. The fourth-order valence-corrected chi connectivity index (χ4v) is 4.79. The largest absolute Gasteiger partial charge is 0.454 e. The number of fused-ring (bicyclic) bond motifs is 1. The Balaban J connectivity index is 1.24. The van der Waals surface area contributed by atoms with Crippen LogP contribution < -0.4 is 25.0 Å². The lowest BCUT2D eigenvalue weighted by Crippen LogP contribution is -2.36. The second-order valence-corrected chi connectivity index (χ2v) is 8.99. The van der Waals surface area contributed by atoms with Crippen molar-refractivity contribution in [3.05, 3.63) is 72.3 Å². The summed E-state index contributed by atoms with van der Waals surface area (Å²) in [6.45, 7) is 3.06. The maximum Gasteiger partial charge on any atom is 0.256 e. The van der Waals surface area contributed by atoms with Gasteiger partial charge >= 0.3 is 0 Å². The van der Waals surface area contributed by atoms with Crippen molar-refractivity contribution < 1.29 is 23.8 Å². The van der Waals surface area contributed by atoms with Gasteiger partial charge in [0.25, 0.3) is 5.91 Å². The third-order valence-electron chi connectivity index (χ3n) is 5.65. The number of carbonyl (C=O) groups excluding carboxylic acids is 2. The molecule has 1 saturated heterocycles. The molecule has 0 aliphatic carbocycles. The molecule has 0 saturated carbocycles. The maximum absolute atomic E-state index is 13.2. The predicted octanol–water partition coefficient (Wildman–Crippen LogP) is 4.24. The number of para-hydroxylation sites is 2. The minimum Gasteiger partial charge on any atom is -0.454 e. The van der Waals surface area contributed by atoms with Gasteiger partial charge in [-0.2, -0.15) is 0 Å². The van der Waals surface area contributed by atoms with Crippen molar-refractivity contribution in [3.8, 4) is 11.5 Å². The van der Waals surface area contributed by atoms with E-state index in [1.165, 1.54) is 11.8 Å². The zero-order valence-corrected chi connectivity index (χ0v) is 19.8. The molecular formula is C26H25N3O5S. The molecule has 5 rings (SSSR count). The van der Waals surface area contributed by atoms with Gasteiger partial charge in [0, 0.05) is 29.7 Å². The van der Waals surface area contributed by atoms with Gasteiger partial charge in [-0.15, -0.1) is 11.8 Å². The van der Waals surface area contributed by atoms with E-state index in [-0.39, 0.29) is 24.4 Å². The smallest absolute Gasteiger partial charge is 0.256 e. The summed E-state index contributed by atoms with van der Waals surface area (Å²) in [6, 6.07) is 20.3. The molecule has 8 nitrogen and oxygen atoms in total. The van der Waals surface area contributed by atoms with Crippen molar-refractivity contribution in [2.45, 2.75) is 4.90 Å². The van der Waals surface area contributed by atoms with E-state index in [1.54, 1.807) is 24.3 Å². The van der Waals surface area contributed by atoms with Gasteiger partial charge in [-0.3, -0.25) is 9.59 Å². The molecule has 35 heavy (non-hydrogen) atoms. The Bertz CT molecular complexity index is 1230. The minimum atomic E-state index is -0.218. The molecule has 9 heteroatoms. The summed E-state index contributed by atoms with van der Waals surface area (Å²) in [5.74, 6) is 1.03. The van der Waals surface area contributed by atoms with E-state index in [2.05, 4.69) is 15.5 Å². The number of thioether (sulfide) groups is 1. The topological polar surface area (TPSA) is 89.1 Å². The first-order valence-electron chi connectivity index (χ1n) is 11.3. The number of nitrogens with zero attached hydrogens (tertiary/aromatic N) is 1. The van der Waals surface area contributed by atoms with Gasteiger partial charge in [0.1, 0.15) is 0 Å². The molecule has 0 aromatic heterocycles. The highest BCUT2D eigenvalue weighted by Crippen LogP contribution is 2.34. The number of anilines is 3. The van der Waals surface area contributed by atoms with Crippen LogP contribution in [-0.2, 0) is 9.53 Å². The average Bonchev–Trinajstić information content (AvgIpc) is 3.36. The van der Waals surface area contributed by atoms with E-state index in [0.29, 0.717) is 36.0 Å². The van der Waals surface area contributed by atoms with Crippen LogP contribution in [0.5, 0.6) is 11.5 Å². The maximum atomic E-state index is 13.2. The minimum absolute atomic E-state index is 0.156. The van der Waals surface area contributed by atoms with E-state index in [1.807, 2.05) is 42.5 Å². The zero-order valence-electron chi connectivity index (χ0n) is 19.0. The zero-order chi connectivity index (χ0) is 24.0. The van der Waals surface area contributed by atoms with Crippen molar-refractivity contribution >= 4 is 40.6 Å². The van der Waals surface area contributed by atoms with Crippen LogP contribution in [0.1, 0.15) is 10.4 Å². The summed E-state index contributed by atoms with van der Waals surface area (Å²) >= 11 is 1.32. The van der Waals surface area contributed by atoms with Crippen molar-refractivity contribution in [3.63, 3.8) is 0 Å². The number of benzene rings is 3. The molecule has 0 radical (unpaired) electrons. The number of amides is 2. The fraction of sp³-hybridized carbons (Fsp3) is 0.231. The van der Waals surface area contributed by atoms with Crippen LogP contribution in [0.15, 0.2) is 71.6 Å². The molecule has 1 fully saturated rings. The monoisotopic (exact) mass is 491 g/mol. The molecule has 0 unspecified atom stereocenters. The standard InChI is InChI=1S/C26H25N3O5S/c30-25(27-18-9-10-22-23(15-18)34-17-33-22)16-35-24-8-4-1-5-19(24)26(31)28-20-6-2-3-7-21(20)29-11-13-32-14-12-29/h1-10,15H,11-14,16-17H2,(H,27,30)(H,28,31). The quantitative estimate of drug-likeness (QED) is 0.478. The van der Waals surface area contributed by atoms with E-state index in [0.717, 1.165) is 29.4 Å². The molecule has 0 spiro atoms. The van der Waals surface area contributed by atoms with Crippen molar-refractivity contribution in [1.82, 2.24) is 0 Å². The number of rotatable bonds is 7. The first kappa shape index (κ1) is 23.1. The van der Waals surface area contributed by atoms with Gasteiger partial charge in [0.2, 0.25) is 12.7 Å². The lowest BCUT2D eigenvalue weighted by atomic mass is 10.2. The highest BCUT2D eigenvalue weighted by Gasteiger charge is 2.19. The van der Waals surface area contributed by atoms with E-state index < -0.39 is 0 Å². The summed E-state index contributed by atoms with van der Waals surface area (Å²) in [6.07, 6.45) is 0. The molecule has 3 aromatic rings. The molecule has 180 valence electrons. The molecule has 0 bridgehead atoms. The SMILES string of the molecule is O=C(CSc1ccccc1C(=O)Nc1ccccc1N1CCOCC1)Nc1ccc2c(c1)OCO2. The Morgan fingerprint density at radius 1 is 0.886 bits per heavy atom. The van der Waals surface area contributed by atoms with Gasteiger partial charge in [-0.1, -0.05) is 24.3 Å². The van der Waals surface area contributed by atoms with Crippen molar-refractivity contribution in [2.24, 2.45) is 0 Å². The highest BCUT2D eigenvalue weighted by molar-refractivity contribution is 8.00. The second-order valence-electron chi connectivity index (χ2n) is 7.97. The van der Waals surface area contributed by atoms with Crippen LogP contribution in [0.2, 0.25) is 0 Å². The van der Waals surface area contributed by atoms with Crippen LogP contribution in [0.3, 0.4) is 0 Å². The van der Waals surface area contributed by atoms with Gasteiger partial charge in [0.05, 0.1) is 35.9 Å². The number of hydrogen-bond donors (Lipinski definition) is 2. The summed E-state index contributed by atoms with van der Waals surface area (Å²) in [4.78, 5) is 28.7. The number of nitrogens with one attached hydrogen (secondary N) is 2. The first-order chi connectivity index (χ1) is 17.2. The van der Waals surface area contributed by atoms with Crippen LogP contribution >= 0.6 is 11.8 Å². The summed E-state index contributed by atoms with van der Waals surface area (Å²) < 4.78 is 16.1. The molecule has 2 N–H and O–H groups in total. The molecular weight excluding hydrogens is 466 g/mol. The fourth-order valence-electron chi connectivity index (χ4n) is 3.94. The Morgan fingerprint density at radius 2 is 1.66 bits per heavy atom. The molecule has 2 aliphatic rings. The van der Waals surface area contributed by atoms with Gasteiger partial charge in [0.15, 0.2) is 11.5 Å². The number of hydrogen-bond acceptors (Lipinski definition) is 7. The van der Waals surface area contributed by atoms with Crippen molar-refractivity contribution in [1.29, 1.82) is 0 Å². The van der Waals surface area contributed by atoms with Gasteiger partial charge in [-0.05, 0) is 36.4 Å². The summed E-state index contributed by atoms with van der Waals surface area (Å²) in [7, 11) is 0. The Labute approximate surface area is 207 Å². The van der Waals surface area contributed by atoms with Crippen LogP contribution in [0.4, 0.5) is 17.1 Å². The van der Waals surface area contributed by atoms with Gasteiger partial charge < -0.3 is 29.7 Å². The number of carbonyl (C=O) groups is 2. The van der Waals surface area contributed by atoms with Crippen LogP contribution in [-0.4, -0.2) is 50.7 Å². The van der Waals surface area contributed by atoms with Crippen LogP contribution in [0, 0.1) is 0 Å². The van der Waals surface area contributed by atoms with Gasteiger partial charge in [-0.25, -0.2) is 0 Å². The van der Waals surface area contributed by atoms with Crippen molar-refractivity contribution in [2.75, 3.05) is 54.4 Å². The van der Waals surface area contributed by atoms with E-state index in [9.17, 15) is 9.59 Å². The Morgan fingerprint density at radius 3 is 2.54 bits per heavy atom. The number of morpholine rings is 1. The lowest BCUT2D eigenvalue weighted by molar-refractivity contribution is -0.113. The Hall–Kier alpha value is -3.69. The molecule has 2 amide bonds. The number of ether oxygens (including phenoxy) is 3. The third-order valence-corrected chi connectivity index (χ3v) is 6.72. The van der Waals surface area contributed by atoms with Crippen LogP contribution in [0.25, 0.3) is 0 Å². The highest BCUT2D eigenvalue weighted by atomic mass is 32.2. The molecule has 2 aliphatic heterocycles. The Kier molecular flexibility index (Phi) is 7.06. The molecule has 3 aromatic carbocycles. The summed E-state index contributed by atoms with van der Waals surface area (Å²) in [5, 5.41) is 5.92. The molecule has 0 atom stereocenters. The summed E-state index contributed by atoms with van der Waals surface area (Å²) in [5.41, 5.74) is 2.87. The first-order valence-corrected chi connectivity index (χ1v) is 12.3. The van der Waals surface area contributed by atoms with E-state index in [4.69, 9.17) is 14.2 Å². The average molecular weight is 492 g/mol. The van der Waals surface area contributed by atoms with E-state index >= 15 is 0 Å².